The molecule has 0 amide bonds. The van der Waals surface area contributed by atoms with Crippen molar-refractivity contribution in [2.24, 2.45) is 4.99 Å². The number of halogens is 1. The van der Waals surface area contributed by atoms with Crippen molar-refractivity contribution in [3.63, 3.8) is 0 Å². The van der Waals surface area contributed by atoms with Crippen molar-refractivity contribution >= 4 is 24.2 Å². The van der Waals surface area contributed by atoms with Gasteiger partial charge < -0.3 is 15.2 Å². The number of anilines is 1. The zero-order chi connectivity index (χ0) is 25.8. The zero-order valence-corrected chi connectivity index (χ0v) is 22.3. The number of piperidine rings is 1. The second-order valence-electron chi connectivity index (χ2n) is 8.54. The van der Waals surface area contributed by atoms with Gasteiger partial charge in [0.05, 0.1) is 24.6 Å². The standard InChI is InChI=1S/C28H39ClN4O2/c1-7-9-23(19-32-16-14-26(34)15-17-32)20-33(29)28(22(4)30-5)24(8-2)18-21(3)31-25-10-12-27(35-6)13-11-25/h7-13,18,20,26,31,34H,5,14-17,19H2,1-4,6H3/b9-7-,21-18+,23-20+,24-8+,28-22-. The number of aliphatic hydroxyl groups is 1. The van der Waals surface area contributed by atoms with Gasteiger partial charge in [-0.15, -0.1) is 0 Å². The Morgan fingerprint density at radius 3 is 2.46 bits per heavy atom. The lowest BCUT2D eigenvalue weighted by Gasteiger charge is -2.30. The number of hydrogen-bond acceptors (Lipinski definition) is 6. The first-order valence-electron chi connectivity index (χ1n) is 11.9. The zero-order valence-electron chi connectivity index (χ0n) is 21.6. The van der Waals surface area contributed by atoms with Gasteiger partial charge in [-0.05, 0) is 88.7 Å². The smallest absolute Gasteiger partial charge is 0.119 e. The van der Waals surface area contributed by atoms with Gasteiger partial charge in [-0.3, -0.25) is 14.3 Å². The Kier molecular flexibility index (Phi) is 11.8. The quantitative estimate of drug-likeness (QED) is 0.214. The van der Waals surface area contributed by atoms with E-state index in [-0.39, 0.29) is 6.10 Å². The van der Waals surface area contributed by atoms with Crippen LogP contribution in [0.2, 0.25) is 0 Å². The topological polar surface area (TPSA) is 60.3 Å². The number of aliphatic imine (C=N–C) groups is 1. The SMILES string of the molecule is C=N/C(C)=C(C(/C=C(\C)Nc1ccc(OC)cc1)=C/C)\N(Cl)/C=C(\C=C/C)CN1CCC(O)CC1. The summed E-state index contributed by atoms with van der Waals surface area (Å²) in [5.74, 6) is 0.812. The van der Waals surface area contributed by atoms with Crippen molar-refractivity contribution in [3.05, 3.63) is 83.0 Å². The maximum atomic E-state index is 9.82. The van der Waals surface area contributed by atoms with Crippen molar-refractivity contribution in [1.82, 2.24) is 9.32 Å². The van der Waals surface area contributed by atoms with E-state index in [1.54, 1.807) is 11.5 Å². The molecule has 1 saturated heterocycles. The molecule has 190 valence electrons. The van der Waals surface area contributed by atoms with Gasteiger partial charge >= 0.3 is 0 Å². The van der Waals surface area contributed by atoms with Crippen LogP contribution in [0, 0.1) is 0 Å². The third kappa shape index (κ3) is 9.06. The molecule has 1 aliphatic rings. The van der Waals surface area contributed by atoms with Crippen LogP contribution in [-0.2, 0) is 0 Å². The first-order chi connectivity index (χ1) is 16.8. The predicted molar refractivity (Wildman–Crippen MR) is 149 cm³/mol. The summed E-state index contributed by atoms with van der Waals surface area (Å²) in [5.41, 5.74) is 5.38. The maximum Gasteiger partial charge on any atom is 0.119 e. The summed E-state index contributed by atoms with van der Waals surface area (Å²) in [7, 11) is 1.65. The second kappa shape index (κ2) is 14.6. The molecule has 6 nitrogen and oxygen atoms in total. The number of nitrogens with zero attached hydrogens (tertiary/aromatic N) is 3. The van der Waals surface area contributed by atoms with Crippen LogP contribution >= 0.6 is 11.8 Å². The van der Waals surface area contributed by atoms with Gasteiger partial charge in [0.1, 0.15) is 5.75 Å². The number of allylic oxidation sites excluding steroid dienone is 5. The highest BCUT2D eigenvalue weighted by atomic mass is 35.5. The largest absolute Gasteiger partial charge is 0.497 e. The van der Waals surface area contributed by atoms with Gasteiger partial charge in [-0.25, -0.2) is 0 Å². The maximum absolute atomic E-state index is 9.82. The number of rotatable bonds is 11. The van der Waals surface area contributed by atoms with E-state index < -0.39 is 0 Å². The summed E-state index contributed by atoms with van der Waals surface area (Å²) >= 11 is 6.86. The Bertz CT molecular complexity index is 985. The minimum atomic E-state index is -0.195. The molecule has 0 aliphatic carbocycles. The van der Waals surface area contributed by atoms with E-state index in [2.05, 4.69) is 28.0 Å². The lowest BCUT2D eigenvalue weighted by Crippen LogP contribution is -2.37. The molecule has 35 heavy (non-hydrogen) atoms. The molecular weight excluding hydrogens is 460 g/mol. The van der Waals surface area contributed by atoms with Gasteiger partial charge in [0.25, 0.3) is 0 Å². The third-order valence-corrected chi connectivity index (χ3v) is 6.07. The van der Waals surface area contributed by atoms with Crippen molar-refractivity contribution < 1.29 is 9.84 Å². The minimum absolute atomic E-state index is 0.195. The molecule has 0 radical (unpaired) electrons. The summed E-state index contributed by atoms with van der Waals surface area (Å²) in [4.78, 5) is 6.52. The number of aliphatic hydroxyl groups excluding tert-OH is 1. The molecule has 0 atom stereocenters. The van der Waals surface area contributed by atoms with Gasteiger partial charge in [0.15, 0.2) is 0 Å². The van der Waals surface area contributed by atoms with Crippen LogP contribution in [0.25, 0.3) is 0 Å². The van der Waals surface area contributed by atoms with Crippen molar-refractivity contribution in [2.45, 2.75) is 46.6 Å². The number of ether oxygens (including phenoxy) is 1. The highest BCUT2D eigenvalue weighted by Gasteiger charge is 2.18. The molecular formula is C28H39ClN4O2. The molecule has 1 aliphatic heterocycles. The average molecular weight is 499 g/mol. The summed E-state index contributed by atoms with van der Waals surface area (Å²) in [5, 5.41) is 13.2. The second-order valence-corrected chi connectivity index (χ2v) is 8.90. The first kappa shape index (κ1) is 28.4. The van der Waals surface area contributed by atoms with Crippen LogP contribution < -0.4 is 10.1 Å². The lowest BCUT2D eigenvalue weighted by molar-refractivity contribution is 0.0871. The Morgan fingerprint density at radius 2 is 1.91 bits per heavy atom. The summed E-state index contributed by atoms with van der Waals surface area (Å²) in [6.07, 6.45) is 11.5. The predicted octanol–water partition coefficient (Wildman–Crippen LogP) is 6.26. The lowest BCUT2D eigenvalue weighted by atomic mass is 10.1. The normalized spacial score (nSPS) is 17.4. The third-order valence-electron chi connectivity index (χ3n) is 5.80. The highest BCUT2D eigenvalue weighted by Crippen LogP contribution is 2.27. The van der Waals surface area contributed by atoms with E-state index in [0.29, 0.717) is 0 Å². The first-order valence-corrected chi connectivity index (χ1v) is 12.3. The average Bonchev–Trinajstić information content (AvgIpc) is 2.85. The van der Waals surface area contributed by atoms with Crippen molar-refractivity contribution in [1.29, 1.82) is 0 Å². The van der Waals surface area contributed by atoms with Gasteiger partial charge in [0, 0.05) is 49.0 Å². The molecule has 1 aromatic carbocycles. The van der Waals surface area contributed by atoms with E-state index in [1.807, 2.05) is 76.4 Å². The van der Waals surface area contributed by atoms with Crippen LogP contribution in [0.1, 0.15) is 40.5 Å². The number of likely N-dealkylation sites (tertiary alicyclic amines) is 1. The van der Waals surface area contributed by atoms with Crippen LogP contribution in [0.3, 0.4) is 0 Å². The molecule has 1 heterocycles. The van der Waals surface area contributed by atoms with E-state index in [0.717, 1.165) is 72.2 Å². The van der Waals surface area contributed by atoms with E-state index >= 15 is 0 Å². The van der Waals surface area contributed by atoms with E-state index in [1.165, 1.54) is 0 Å². The summed E-state index contributed by atoms with van der Waals surface area (Å²) in [6.45, 7) is 14.1. The fraction of sp³-hybridized carbons (Fsp3) is 0.393. The minimum Gasteiger partial charge on any atom is -0.497 e. The molecule has 0 bridgehead atoms. The molecule has 1 aromatic rings. The van der Waals surface area contributed by atoms with Crippen LogP contribution in [0.5, 0.6) is 5.75 Å². The van der Waals surface area contributed by atoms with Crippen molar-refractivity contribution in [2.75, 3.05) is 32.1 Å². The fourth-order valence-corrected chi connectivity index (χ4v) is 4.26. The van der Waals surface area contributed by atoms with Gasteiger partial charge in [-0.2, -0.15) is 0 Å². The molecule has 0 unspecified atom stereocenters. The Hall–Kier alpha value is -2.80. The molecule has 0 saturated carbocycles. The number of methoxy groups -OCH3 is 1. The number of hydrogen-bond donors (Lipinski definition) is 2. The van der Waals surface area contributed by atoms with E-state index in [9.17, 15) is 5.11 Å². The Balaban J connectivity index is 2.27. The molecule has 1 fully saturated rings. The summed E-state index contributed by atoms with van der Waals surface area (Å²) in [6, 6.07) is 7.78. The fourth-order valence-electron chi connectivity index (χ4n) is 3.92. The van der Waals surface area contributed by atoms with Gasteiger partial charge in [0.2, 0.25) is 0 Å². The van der Waals surface area contributed by atoms with Crippen molar-refractivity contribution in [3.8, 4) is 5.75 Å². The molecule has 0 spiro atoms. The molecule has 2 rings (SSSR count). The Labute approximate surface area is 215 Å². The van der Waals surface area contributed by atoms with Crippen LogP contribution in [-0.4, -0.2) is 54.0 Å². The Morgan fingerprint density at radius 1 is 1.26 bits per heavy atom. The molecule has 0 aromatic heterocycles. The monoisotopic (exact) mass is 498 g/mol. The summed E-state index contributed by atoms with van der Waals surface area (Å²) < 4.78 is 6.84. The molecule has 7 heteroatoms. The highest BCUT2D eigenvalue weighted by molar-refractivity contribution is 6.15. The number of benzene rings is 1. The van der Waals surface area contributed by atoms with Gasteiger partial charge in [-0.1, -0.05) is 18.2 Å². The molecule has 2 N–H and O–H groups in total. The van der Waals surface area contributed by atoms with Crippen LogP contribution in [0.4, 0.5) is 5.69 Å². The number of nitrogens with one attached hydrogen (secondary N) is 1. The van der Waals surface area contributed by atoms with Crippen LogP contribution in [0.15, 0.2) is 88.0 Å². The van der Waals surface area contributed by atoms with E-state index in [4.69, 9.17) is 16.5 Å².